The third-order valence-corrected chi connectivity index (χ3v) is 5.64. The lowest BCUT2D eigenvalue weighted by Crippen LogP contribution is -2.12. The second-order valence-corrected chi connectivity index (χ2v) is 7.68. The van der Waals surface area contributed by atoms with Gasteiger partial charge >= 0.3 is 0 Å². The van der Waals surface area contributed by atoms with Gasteiger partial charge in [0.25, 0.3) is 5.91 Å². The number of thioether (sulfide) groups is 1. The van der Waals surface area contributed by atoms with Crippen molar-refractivity contribution in [3.05, 3.63) is 58.6 Å². The maximum atomic E-state index is 14.0. The fourth-order valence-electron chi connectivity index (χ4n) is 2.72. The summed E-state index contributed by atoms with van der Waals surface area (Å²) >= 11 is 7.03. The molecule has 1 amide bonds. The van der Waals surface area contributed by atoms with Gasteiger partial charge in [-0.2, -0.15) is 0 Å². The Morgan fingerprint density at radius 1 is 1.16 bits per heavy atom. The highest BCUT2D eigenvalue weighted by atomic mass is 35.5. The molecule has 2 aromatic rings. The van der Waals surface area contributed by atoms with E-state index in [-0.39, 0.29) is 16.4 Å². The van der Waals surface area contributed by atoms with Crippen LogP contribution in [0.25, 0.3) is 0 Å². The third-order valence-electron chi connectivity index (χ3n) is 4.02. The molecule has 0 saturated heterocycles. The minimum Gasteiger partial charge on any atom is -0.393 e. The minimum absolute atomic E-state index is 0.0899. The van der Waals surface area contributed by atoms with E-state index < -0.39 is 17.5 Å². The van der Waals surface area contributed by atoms with Gasteiger partial charge in [0.05, 0.1) is 11.1 Å². The molecule has 0 heterocycles. The van der Waals surface area contributed by atoms with Gasteiger partial charge in [0, 0.05) is 21.4 Å². The van der Waals surface area contributed by atoms with Gasteiger partial charge in [-0.15, -0.1) is 11.8 Å². The predicted octanol–water partition coefficient (Wildman–Crippen LogP) is 4.88. The van der Waals surface area contributed by atoms with Crippen LogP contribution in [-0.4, -0.2) is 22.4 Å². The Morgan fingerprint density at radius 2 is 1.92 bits per heavy atom. The Bertz CT molecular complexity index is 803. The van der Waals surface area contributed by atoms with E-state index in [2.05, 4.69) is 5.32 Å². The van der Waals surface area contributed by atoms with E-state index in [0.29, 0.717) is 29.0 Å². The number of benzene rings is 2. The number of halogens is 3. The molecule has 2 atom stereocenters. The SMILES string of the molecule is O=C(Nc1ccc(F)c(Cl)c1)c1ccc(F)c(S[C@H]2CC[C@H](O)C2)c1. The summed E-state index contributed by atoms with van der Waals surface area (Å²) in [6.07, 6.45) is 1.81. The Kier molecular flexibility index (Phi) is 5.61. The zero-order valence-corrected chi connectivity index (χ0v) is 14.7. The number of aliphatic hydroxyl groups is 1. The normalized spacial score (nSPS) is 19.8. The summed E-state index contributed by atoms with van der Waals surface area (Å²) < 4.78 is 27.2. The summed E-state index contributed by atoms with van der Waals surface area (Å²) in [5, 5.41) is 12.2. The number of carbonyl (C=O) groups excluding carboxylic acids is 1. The molecule has 3 nitrogen and oxygen atoms in total. The lowest BCUT2D eigenvalue weighted by atomic mass is 10.2. The molecule has 25 heavy (non-hydrogen) atoms. The van der Waals surface area contributed by atoms with Gasteiger partial charge in [-0.1, -0.05) is 11.6 Å². The minimum atomic E-state index is -0.570. The standard InChI is InChI=1S/C18H16ClF2NO2S/c19-14-8-11(2-6-15(14)20)22-18(24)10-1-5-16(21)17(7-10)25-13-4-3-12(23)9-13/h1-2,5-8,12-13,23H,3-4,9H2,(H,22,24)/t12-,13-/m0/s1. The molecule has 1 aliphatic carbocycles. The number of aliphatic hydroxyl groups excluding tert-OH is 1. The van der Waals surface area contributed by atoms with Crippen molar-refractivity contribution in [2.75, 3.05) is 5.32 Å². The van der Waals surface area contributed by atoms with E-state index in [1.165, 1.54) is 42.1 Å². The van der Waals surface area contributed by atoms with Crippen LogP contribution < -0.4 is 5.32 Å². The van der Waals surface area contributed by atoms with Gasteiger partial charge in [0.1, 0.15) is 11.6 Å². The van der Waals surface area contributed by atoms with Crippen LogP contribution in [-0.2, 0) is 0 Å². The summed E-state index contributed by atoms with van der Waals surface area (Å²) in [6, 6.07) is 8.01. The van der Waals surface area contributed by atoms with E-state index in [1.54, 1.807) is 0 Å². The number of anilines is 1. The average Bonchev–Trinajstić information content (AvgIpc) is 2.98. The van der Waals surface area contributed by atoms with Crippen molar-refractivity contribution in [2.24, 2.45) is 0 Å². The van der Waals surface area contributed by atoms with Gasteiger partial charge in [0.2, 0.25) is 0 Å². The first kappa shape index (κ1) is 18.2. The molecule has 132 valence electrons. The topological polar surface area (TPSA) is 49.3 Å². The van der Waals surface area contributed by atoms with Crippen LogP contribution in [0.2, 0.25) is 5.02 Å². The first-order valence-corrected chi connectivity index (χ1v) is 9.09. The second kappa shape index (κ2) is 7.72. The van der Waals surface area contributed by atoms with Crippen LogP contribution in [0.5, 0.6) is 0 Å². The van der Waals surface area contributed by atoms with Crippen molar-refractivity contribution >= 4 is 35.0 Å². The van der Waals surface area contributed by atoms with Crippen molar-refractivity contribution < 1.29 is 18.7 Å². The Balaban J connectivity index is 1.74. The van der Waals surface area contributed by atoms with E-state index in [9.17, 15) is 18.7 Å². The number of amides is 1. The molecule has 0 aliphatic heterocycles. The van der Waals surface area contributed by atoms with E-state index >= 15 is 0 Å². The molecule has 1 fully saturated rings. The summed E-state index contributed by atoms with van der Waals surface area (Å²) in [5.41, 5.74) is 0.650. The van der Waals surface area contributed by atoms with Crippen molar-refractivity contribution in [1.29, 1.82) is 0 Å². The van der Waals surface area contributed by atoms with Crippen molar-refractivity contribution in [1.82, 2.24) is 0 Å². The molecule has 0 unspecified atom stereocenters. The Labute approximate surface area is 153 Å². The van der Waals surface area contributed by atoms with Crippen LogP contribution >= 0.6 is 23.4 Å². The smallest absolute Gasteiger partial charge is 0.255 e. The van der Waals surface area contributed by atoms with Crippen LogP contribution in [0.3, 0.4) is 0 Å². The van der Waals surface area contributed by atoms with E-state index in [4.69, 9.17) is 11.6 Å². The highest BCUT2D eigenvalue weighted by Gasteiger charge is 2.25. The molecule has 0 spiro atoms. The molecular weight excluding hydrogens is 368 g/mol. The number of hydrogen-bond donors (Lipinski definition) is 2. The molecule has 0 bridgehead atoms. The van der Waals surface area contributed by atoms with Crippen molar-refractivity contribution in [3.63, 3.8) is 0 Å². The zero-order valence-electron chi connectivity index (χ0n) is 13.1. The fourth-order valence-corrected chi connectivity index (χ4v) is 4.20. The van der Waals surface area contributed by atoms with Gasteiger partial charge in [-0.3, -0.25) is 4.79 Å². The average molecular weight is 384 g/mol. The number of rotatable bonds is 4. The highest BCUT2D eigenvalue weighted by Crippen LogP contribution is 2.36. The molecule has 1 saturated carbocycles. The lowest BCUT2D eigenvalue weighted by Gasteiger charge is -2.12. The maximum Gasteiger partial charge on any atom is 0.255 e. The fraction of sp³-hybridized carbons (Fsp3) is 0.278. The molecule has 2 N–H and O–H groups in total. The summed E-state index contributed by atoms with van der Waals surface area (Å²) in [7, 11) is 0. The van der Waals surface area contributed by atoms with E-state index in [1.807, 2.05) is 0 Å². The predicted molar refractivity (Wildman–Crippen MR) is 95.3 cm³/mol. The van der Waals surface area contributed by atoms with Crippen molar-refractivity contribution in [3.8, 4) is 0 Å². The molecule has 1 aliphatic rings. The Morgan fingerprint density at radius 3 is 2.60 bits per heavy atom. The van der Waals surface area contributed by atoms with Crippen molar-refractivity contribution in [2.45, 2.75) is 35.5 Å². The first-order chi connectivity index (χ1) is 11.9. The number of carbonyl (C=O) groups is 1. The number of hydrogen-bond acceptors (Lipinski definition) is 3. The largest absolute Gasteiger partial charge is 0.393 e. The van der Waals surface area contributed by atoms with Crippen LogP contribution in [0.1, 0.15) is 29.6 Å². The lowest BCUT2D eigenvalue weighted by molar-refractivity contribution is 0.102. The summed E-state index contributed by atoms with van der Waals surface area (Å²) in [6.45, 7) is 0. The molecule has 3 rings (SSSR count). The monoisotopic (exact) mass is 383 g/mol. The number of nitrogens with one attached hydrogen (secondary N) is 1. The zero-order chi connectivity index (χ0) is 18.0. The van der Waals surface area contributed by atoms with Crippen LogP contribution in [0, 0.1) is 11.6 Å². The quantitative estimate of drug-likeness (QED) is 0.791. The molecule has 2 aromatic carbocycles. The molecule has 0 aromatic heterocycles. The third kappa shape index (κ3) is 4.51. The van der Waals surface area contributed by atoms with E-state index in [0.717, 1.165) is 12.5 Å². The molecule has 0 radical (unpaired) electrons. The maximum absolute atomic E-state index is 14.0. The summed E-state index contributed by atoms with van der Waals surface area (Å²) in [4.78, 5) is 12.7. The summed E-state index contributed by atoms with van der Waals surface area (Å²) in [5.74, 6) is -1.40. The molecular formula is C18H16ClF2NO2S. The molecule has 7 heteroatoms. The van der Waals surface area contributed by atoms with Gasteiger partial charge in [-0.05, 0) is 55.7 Å². The second-order valence-electron chi connectivity index (χ2n) is 5.93. The van der Waals surface area contributed by atoms with Gasteiger partial charge < -0.3 is 10.4 Å². The first-order valence-electron chi connectivity index (χ1n) is 7.83. The van der Waals surface area contributed by atoms with Gasteiger partial charge in [0.15, 0.2) is 0 Å². The van der Waals surface area contributed by atoms with Crippen LogP contribution in [0.15, 0.2) is 41.3 Å². The van der Waals surface area contributed by atoms with Gasteiger partial charge in [-0.25, -0.2) is 8.78 Å². The highest BCUT2D eigenvalue weighted by molar-refractivity contribution is 8.00. The van der Waals surface area contributed by atoms with Crippen LogP contribution in [0.4, 0.5) is 14.5 Å². The Hall–Kier alpha value is -1.63.